The summed E-state index contributed by atoms with van der Waals surface area (Å²) in [7, 11) is 0. The van der Waals surface area contributed by atoms with Crippen molar-refractivity contribution >= 4 is 65.4 Å². The lowest BCUT2D eigenvalue weighted by atomic mass is 10.1. The summed E-state index contributed by atoms with van der Waals surface area (Å²) in [6.45, 7) is 0. The highest BCUT2D eigenvalue weighted by Crippen LogP contribution is 2.43. The van der Waals surface area contributed by atoms with Crippen molar-refractivity contribution in [2.24, 2.45) is 0 Å². The summed E-state index contributed by atoms with van der Waals surface area (Å²) >= 11 is 0. The highest BCUT2D eigenvalue weighted by molar-refractivity contribution is 6.26. The molecule has 0 spiro atoms. The van der Waals surface area contributed by atoms with Crippen molar-refractivity contribution in [1.29, 1.82) is 0 Å². The zero-order chi connectivity index (χ0) is 49.4. The van der Waals surface area contributed by atoms with Crippen LogP contribution in [-0.4, -0.2) is 43.6 Å². The molecule has 0 fully saturated rings. The van der Waals surface area contributed by atoms with E-state index in [1.165, 1.54) is 0 Å². The van der Waals surface area contributed by atoms with Gasteiger partial charge in [-0.3, -0.25) is 4.57 Å². The number of hydrogen-bond acceptors (Lipinski definition) is 6. The molecule has 350 valence electrons. The van der Waals surface area contributed by atoms with E-state index >= 15 is 0 Å². The van der Waals surface area contributed by atoms with Gasteiger partial charge in [-0.15, -0.1) is 0 Å². The molecule has 0 aliphatic rings. The van der Waals surface area contributed by atoms with Gasteiger partial charge < -0.3 is 9.13 Å². The van der Waals surface area contributed by atoms with E-state index in [9.17, 15) is 0 Å². The Kier molecular flexibility index (Phi) is 9.67. The fourth-order valence-corrected chi connectivity index (χ4v) is 11.1. The minimum atomic E-state index is 0.542. The molecule has 15 rings (SSSR count). The van der Waals surface area contributed by atoms with Gasteiger partial charge in [-0.05, 0) is 54.6 Å². The Morgan fingerprint density at radius 3 is 1.28 bits per heavy atom. The second-order valence-electron chi connectivity index (χ2n) is 18.7. The summed E-state index contributed by atoms with van der Waals surface area (Å²) in [6.07, 6.45) is 0. The van der Waals surface area contributed by atoms with Crippen LogP contribution < -0.4 is 0 Å². The van der Waals surface area contributed by atoms with Crippen LogP contribution in [0.1, 0.15) is 0 Å². The second-order valence-corrected chi connectivity index (χ2v) is 18.7. The summed E-state index contributed by atoms with van der Waals surface area (Å²) in [6, 6.07) is 86.2. The molecule has 75 heavy (non-hydrogen) atoms. The minimum absolute atomic E-state index is 0.542. The van der Waals surface area contributed by atoms with Crippen LogP contribution in [0, 0.1) is 0 Å². The molecule has 0 radical (unpaired) electrons. The van der Waals surface area contributed by atoms with Gasteiger partial charge in [0, 0.05) is 71.5 Å². The first-order valence-electron chi connectivity index (χ1n) is 25.0. The SMILES string of the molecule is c1ccc(-c2nc(-c3cccc(-n4c5ccccc5c5c4ccc4c6ccccc6n(-c6nc(-c7ccccc7)nc(-c7ccccc7)n6)c45)c3)nc(-c3cccc4c5ccccc5n(-c5ccccc5)c34)n2)cc1. The molecule has 0 saturated carbocycles. The van der Waals surface area contributed by atoms with Gasteiger partial charge in [0.2, 0.25) is 5.95 Å². The molecule has 5 aromatic heterocycles. The zero-order valence-corrected chi connectivity index (χ0v) is 40.2. The van der Waals surface area contributed by atoms with Crippen LogP contribution in [0.3, 0.4) is 0 Å². The summed E-state index contributed by atoms with van der Waals surface area (Å²) in [4.78, 5) is 31.6. The number of nitrogens with zero attached hydrogens (tertiary/aromatic N) is 9. The van der Waals surface area contributed by atoms with Gasteiger partial charge in [0.05, 0.1) is 33.1 Å². The van der Waals surface area contributed by atoms with Gasteiger partial charge in [-0.25, -0.2) is 19.9 Å². The lowest BCUT2D eigenvalue weighted by Crippen LogP contribution is -2.06. The second kappa shape index (κ2) is 17.1. The average molecular weight is 960 g/mol. The average Bonchev–Trinajstić information content (AvgIpc) is 4.25. The predicted octanol–water partition coefficient (Wildman–Crippen LogP) is 15.7. The van der Waals surface area contributed by atoms with Crippen LogP contribution >= 0.6 is 0 Å². The van der Waals surface area contributed by atoms with Crippen molar-refractivity contribution in [3.63, 3.8) is 0 Å². The van der Waals surface area contributed by atoms with Crippen molar-refractivity contribution in [1.82, 2.24) is 43.6 Å². The van der Waals surface area contributed by atoms with Crippen LogP contribution in [0.15, 0.2) is 249 Å². The number of aromatic nitrogens is 9. The Labute approximate surface area is 430 Å². The number of benzene rings is 10. The van der Waals surface area contributed by atoms with Crippen LogP contribution in [0.4, 0.5) is 0 Å². The van der Waals surface area contributed by atoms with Gasteiger partial charge in [0.15, 0.2) is 29.1 Å². The molecule has 0 atom stereocenters. The largest absolute Gasteiger partial charge is 0.309 e. The molecule has 0 unspecified atom stereocenters. The Morgan fingerprint density at radius 2 is 0.667 bits per heavy atom. The highest BCUT2D eigenvalue weighted by Gasteiger charge is 2.25. The van der Waals surface area contributed by atoms with E-state index in [0.717, 1.165) is 105 Å². The molecule has 0 saturated heterocycles. The molecule has 0 bridgehead atoms. The first-order valence-corrected chi connectivity index (χ1v) is 25.0. The summed E-state index contributed by atoms with van der Waals surface area (Å²) in [5.74, 6) is 3.50. The van der Waals surface area contributed by atoms with Gasteiger partial charge in [-0.2, -0.15) is 9.97 Å². The molecule has 0 N–H and O–H groups in total. The number of rotatable bonds is 8. The van der Waals surface area contributed by atoms with Crippen LogP contribution in [-0.2, 0) is 0 Å². The molecular formula is C66H41N9. The monoisotopic (exact) mass is 959 g/mol. The molecular weight excluding hydrogens is 919 g/mol. The van der Waals surface area contributed by atoms with Crippen LogP contribution in [0.2, 0.25) is 0 Å². The maximum absolute atomic E-state index is 5.40. The van der Waals surface area contributed by atoms with E-state index in [1.807, 2.05) is 78.9 Å². The first-order chi connectivity index (χ1) is 37.2. The van der Waals surface area contributed by atoms with Gasteiger partial charge in [0.1, 0.15) is 0 Å². The molecule has 0 aliphatic carbocycles. The van der Waals surface area contributed by atoms with E-state index in [2.05, 4.69) is 184 Å². The standard InChI is InChI=1S/C66H41N9/c1-5-21-42(22-6-1)61-67-64(70-65(69-61)53-35-20-34-50-48-31-13-16-36-54(48)74(59(50)53)46-28-11-4-12-29-46)45-27-19-30-47(41-45)73-56-38-18-15-33-52(56)58-57(73)40-39-51-49-32-14-17-37-55(49)75(60(51)58)66-71-62(43-23-7-2-8-24-43)68-63(72-66)44-25-9-3-10-26-44/h1-41H. The van der Waals surface area contributed by atoms with E-state index in [-0.39, 0.29) is 0 Å². The number of hydrogen-bond donors (Lipinski definition) is 0. The Hall–Kier alpha value is -10.4. The molecule has 9 nitrogen and oxygen atoms in total. The van der Waals surface area contributed by atoms with Crippen molar-refractivity contribution in [3.8, 4) is 74.3 Å². The summed E-state index contributed by atoms with van der Waals surface area (Å²) in [5.41, 5.74) is 12.8. The van der Waals surface area contributed by atoms with Crippen molar-refractivity contribution in [2.75, 3.05) is 0 Å². The molecule has 9 heteroatoms. The fraction of sp³-hybridized carbons (Fsp3) is 0. The van der Waals surface area contributed by atoms with Gasteiger partial charge in [-0.1, -0.05) is 194 Å². The molecule has 10 aromatic carbocycles. The molecule has 0 amide bonds. The third kappa shape index (κ3) is 6.86. The molecule has 0 aliphatic heterocycles. The van der Waals surface area contributed by atoms with E-state index in [0.29, 0.717) is 35.1 Å². The predicted molar refractivity (Wildman–Crippen MR) is 303 cm³/mol. The van der Waals surface area contributed by atoms with Crippen molar-refractivity contribution < 1.29 is 0 Å². The Morgan fingerprint density at radius 1 is 0.240 bits per heavy atom. The smallest absolute Gasteiger partial charge is 0.238 e. The lowest BCUT2D eigenvalue weighted by molar-refractivity contribution is 0.955. The lowest BCUT2D eigenvalue weighted by Gasteiger charge is -2.13. The third-order valence-corrected chi connectivity index (χ3v) is 14.3. The highest BCUT2D eigenvalue weighted by atomic mass is 15.2. The van der Waals surface area contributed by atoms with Gasteiger partial charge >= 0.3 is 0 Å². The number of fused-ring (bicyclic) bond motifs is 10. The maximum atomic E-state index is 5.40. The van der Waals surface area contributed by atoms with E-state index in [4.69, 9.17) is 29.9 Å². The van der Waals surface area contributed by atoms with Crippen LogP contribution in [0.5, 0.6) is 0 Å². The van der Waals surface area contributed by atoms with E-state index in [1.54, 1.807) is 0 Å². The number of para-hydroxylation sites is 5. The Bertz CT molecular complexity index is 4640. The quantitative estimate of drug-likeness (QED) is 0.151. The van der Waals surface area contributed by atoms with Crippen molar-refractivity contribution in [2.45, 2.75) is 0 Å². The van der Waals surface area contributed by atoms with Gasteiger partial charge in [0.25, 0.3) is 0 Å². The normalized spacial score (nSPS) is 11.7. The zero-order valence-electron chi connectivity index (χ0n) is 40.2. The fourth-order valence-electron chi connectivity index (χ4n) is 11.1. The third-order valence-electron chi connectivity index (χ3n) is 14.3. The maximum Gasteiger partial charge on any atom is 0.238 e. The molecule has 15 aromatic rings. The topological polar surface area (TPSA) is 92.1 Å². The minimum Gasteiger partial charge on any atom is -0.309 e. The molecule has 5 heterocycles. The first kappa shape index (κ1) is 42.3. The summed E-state index contributed by atoms with van der Waals surface area (Å²) in [5, 5.41) is 6.68. The summed E-state index contributed by atoms with van der Waals surface area (Å²) < 4.78 is 6.92. The van der Waals surface area contributed by atoms with E-state index < -0.39 is 0 Å². The Balaban J connectivity index is 0.958. The van der Waals surface area contributed by atoms with Crippen molar-refractivity contribution in [3.05, 3.63) is 249 Å². The van der Waals surface area contributed by atoms with Crippen LogP contribution in [0.25, 0.3) is 140 Å².